The van der Waals surface area contributed by atoms with Gasteiger partial charge in [0.25, 0.3) is 0 Å². The lowest BCUT2D eigenvalue weighted by Gasteiger charge is -2.10. The van der Waals surface area contributed by atoms with Gasteiger partial charge in [0, 0.05) is 19.2 Å². The van der Waals surface area contributed by atoms with Crippen LogP contribution in [0.25, 0.3) is 0 Å². The maximum atomic E-state index is 5.69. The number of hydrogen-bond donors (Lipinski definition) is 0. The van der Waals surface area contributed by atoms with Crippen LogP contribution in [0, 0.1) is 0 Å². The van der Waals surface area contributed by atoms with E-state index in [4.69, 9.17) is 4.74 Å². The second kappa shape index (κ2) is 9.68. The van der Waals surface area contributed by atoms with Crippen molar-refractivity contribution in [2.24, 2.45) is 4.99 Å². The summed E-state index contributed by atoms with van der Waals surface area (Å²) in [4.78, 5) is 4.18. The zero-order valence-electron chi connectivity index (χ0n) is 11.9. The van der Waals surface area contributed by atoms with Crippen LogP contribution in [0.5, 0.6) is 0 Å². The lowest BCUT2D eigenvalue weighted by atomic mass is 10.2. The second-order valence-corrected chi connectivity index (χ2v) is 5.36. The molecule has 1 aromatic carbocycles. The van der Waals surface area contributed by atoms with Crippen molar-refractivity contribution in [1.82, 2.24) is 0 Å². The van der Waals surface area contributed by atoms with E-state index in [1.165, 1.54) is 18.4 Å². The van der Waals surface area contributed by atoms with Gasteiger partial charge in [0.05, 0.1) is 0 Å². The smallest absolute Gasteiger partial charge is 0.190 e. The first-order chi connectivity index (χ1) is 9.26. The SMILES string of the molecule is C=C(OC(CCCCC)=NC)SCc1ccccc1. The third-order valence-corrected chi connectivity index (χ3v) is 3.60. The minimum atomic E-state index is 0.723. The Bertz CT molecular complexity index is 400. The van der Waals surface area contributed by atoms with Gasteiger partial charge in [-0.3, -0.25) is 4.99 Å². The van der Waals surface area contributed by atoms with Crippen molar-refractivity contribution in [2.45, 2.75) is 38.4 Å². The van der Waals surface area contributed by atoms with Crippen molar-refractivity contribution < 1.29 is 4.74 Å². The fourth-order valence-electron chi connectivity index (χ4n) is 1.63. The third kappa shape index (κ3) is 7.06. The fourth-order valence-corrected chi connectivity index (χ4v) is 2.31. The molecule has 3 heteroatoms. The number of ether oxygens (including phenoxy) is 1. The summed E-state index contributed by atoms with van der Waals surface area (Å²) in [5.41, 5.74) is 1.28. The van der Waals surface area contributed by atoms with Crippen LogP contribution < -0.4 is 0 Å². The van der Waals surface area contributed by atoms with Crippen molar-refractivity contribution in [3.05, 3.63) is 47.6 Å². The number of hydrogen-bond acceptors (Lipinski definition) is 3. The van der Waals surface area contributed by atoms with Gasteiger partial charge in [-0.05, 0) is 18.6 Å². The summed E-state index contributed by atoms with van der Waals surface area (Å²) < 4.78 is 5.69. The number of thioether (sulfide) groups is 1. The van der Waals surface area contributed by atoms with Crippen LogP contribution in [0.15, 0.2) is 47.0 Å². The van der Waals surface area contributed by atoms with E-state index < -0.39 is 0 Å². The van der Waals surface area contributed by atoms with Crippen LogP contribution in [0.4, 0.5) is 0 Å². The maximum absolute atomic E-state index is 5.69. The molecule has 0 bridgehead atoms. The molecule has 0 heterocycles. The number of unbranched alkanes of at least 4 members (excludes halogenated alkanes) is 2. The van der Waals surface area contributed by atoms with Gasteiger partial charge in [-0.25, -0.2) is 0 Å². The number of rotatable bonds is 8. The summed E-state index contributed by atoms with van der Waals surface area (Å²) in [5.74, 6) is 1.67. The Kier molecular flexibility index (Phi) is 8.07. The Morgan fingerprint density at radius 2 is 2.00 bits per heavy atom. The van der Waals surface area contributed by atoms with Crippen LogP contribution in [-0.2, 0) is 10.5 Å². The van der Waals surface area contributed by atoms with E-state index in [9.17, 15) is 0 Å². The van der Waals surface area contributed by atoms with Crippen molar-refractivity contribution in [2.75, 3.05) is 7.05 Å². The first-order valence-electron chi connectivity index (χ1n) is 6.75. The predicted octanol–water partition coefficient (Wildman–Crippen LogP) is 5.02. The molecule has 0 saturated heterocycles. The molecule has 0 aliphatic carbocycles. The topological polar surface area (TPSA) is 21.6 Å². The zero-order chi connectivity index (χ0) is 13.9. The van der Waals surface area contributed by atoms with Gasteiger partial charge in [-0.1, -0.05) is 61.9 Å². The van der Waals surface area contributed by atoms with Gasteiger partial charge >= 0.3 is 0 Å². The molecule has 19 heavy (non-hydrogen) atoms. The van der Waals surface area contributed by atoms with E-state index in [2.05, 4.69) is 30.6 Å². The maximum Gasteiger partial charge on any atom is 0.190 e. The van der Waals surface area contributed by atoms with Crippen molar-refractivity contribution in [3.63, 3.8) is 0 Å². The molecule has 104 valence electrons. The van der Waals surface area contributed by atoms with Gasteiger partial charge in [0.15, 0.2) is 11.0 Å². The molecule has 0 spiro atoms. The molecule has 1 aromatic rings. The summed E-state index contributed by atoms with van der Waals surface area (Å²) in [6, 6.07) is 10.3. The highest BCUT2D eigenvalue weighted by Gasteiger charge is 2.04. The van der Waals surface area contributed by atoms with Crippen LogP contribution in [0.3, 0.4) is 0 Å². The lowest BCUT2D eigenvalue weighted by Crippen LogP contribution is -2.03. The van der Waals surface area contributed by atoms with Crippen LogP contribution >= 0.6 is 11.8 Å². The Hall–Kier alpha value is -1.22. The molecule has 0 aliphatic rings. The van der Waals surface area contributed by atoms with Gasteiger partial charge in [0.2, 0.25) is 0 Å². The third-order valence-electron chi connectivity index (χ3n) is 2.72. The average molecular weight is 277 g/mol. The Balaban J connectivity index is 2.29. The summed E-state index contributed by atoms with van der Waals surface area (Å²) in [6.07, 6.45) is 4.45. The second-order valence-electron chi connectivity index (χ2n) is 4.32. The normalized spacial score (nSPS) is 11.4. The highest BCUT2D eigenvalue weighted by atomic mass is 32.2. The molecule has 0 N–H and O–H groups in total. The van der Waals surface area contributed by atoms with Crippen LogP contribution in [-0.4, -0.2) is 12.9 Å². The molecule has 2 nitrogen and oxygen atoms in total. The van der Waals surface area contributed by atoms with E-state index in [-0.39, 0.29) is 0 Å². The molecule has 0 fully saturated rings. The predicted molar refractivity (Wildman–Crippen MR) is 85.5 cm³/mol. The van der Waals surface area contributed by atoms with Crippen molar-refractivity contribution >= 4 is 17.7 Å². The van der Waals surface area contributed by atoms with E-state index in [1.807, 2.05) is 18.2 Å². The molecule has 0 aromatic heterocycles. The van der Waals surface area contributed by atoms with E-state index in [1.54, 1.807) is 18.8 Å². The Morgan fingerprint density at radius 3 is 2.63 bits per heavy atom. The molecule has 0 atom stereocenters. The fraction of sp³-hybridized carbons (Fsp3) is 0.438. The van der Waals surface area contributed by atoms with Crippen LogP contribution in [0.2, 0.25) is 0 Å². The largest absolute Gasteiger partial charge is 0.437 e. The van der Waals surface area contributed by atoms with Gasteiger partial charge in [-0.2, -0.15) is 0 Å². The van der Waals surface area contributed by atoms with E-state index in [0.29, 0.717) is 0 Å². The molecule has 0 amide bonds. The number of benzene rings is 1. The summed E-state index contributed by atoms with van der Waals surface area (Å²) in [5, 5.41) is 0.723. The van der Waals surface area contributed by atoms with Crippen LogP contribution in [0.1, 0.15) is 38.2 Å². The molecule has 0 unspecified atom stereocenters. The molecular formula is C16H23NOS. The Labute approximate surface area is 121 Å². The highest BCUT2D eigenvalue weighted by Crippen LogP contribution is 2.21. The quantitative estimate of drug-likeness (QED) is 0.288. The minimum Gasteiger partial charge on any atom is -0.437 e. The molecule has 0 radical (unpaired) electrons. The van der Waals surface area contributed by atoms with E-state index in [0.717, 1.165) is 29.6 Å². The average Bonchev–Trinajstić information content (AvgIpc) is 2.45. The molecule has 0 aliphatic heterocycles. The Morgan fingerprint density at radius 1 is 1.26 bits per heavy atom. The zero-order valence-corrected chi connectivity index (χ0v) is 12.7. The van der Waals surface area contributed by atoms with E-state index >= 15 is 0 Å². The van der Waals surface area contributed by atoms with Crippen molar-refractivity contribution in [1.29, 1.82) is 0 Å². The first kappa shape index (κ1) is 15.8. The lowest BCUT2D eigenvalue weighted by molar-refractivity contribution is 0.438. The summed E-state index contributed by atoms with van der Waals surface area (Å²) in [7, 11) is 1.77. The van der Waals surface area contributed by atoms with Crippen molar-refractivity contribution in [3.8, 4) is 0 Å². The first-order valence-corrected chi connectivity index (χ1v) is 7.74. The highest BCUT2D eigenvalue weighted by molar-refractivity contribution is 8.02. The summed E-state index contributed by atoms with van der Waals surface area (Å²) in [6.45, 7) is 6.14. The standard InChI is InChI=1S/C16H23NOS/c1-4-5-7-12-16(17-3)18-14(2)19-13-15-10-8-6-9-11-15/h6,8-11H,2,4-5,7,12-13H2,1,3H3. The number of nitrogens with zero attached hydrogens (tertiary/aromatic N) is 1. The summed E-state index contributed by atoms with van der Waals surface area (Å²) >= 11 is 1.61. The minimum absolute atomic E-state index is 0.723. The van der Waals surface area contributed by atoms with Gasteiger partial charge < -0.3 is 4.74 Å². The molecule has 0 saturated carbocycles. The monoisotopic (exact) mass is 277 g/mol. The number of aliphatic imine (C=N–C) groups is 1. The van der Waals surface area contributed by atoms with Gasteiger partial charge in [-0.15, -0.1) is 0 Å². The van der Waals surface area contributed by atoms with Gasteiger partial charge in [0.1, 0.15) is 0 Å². The molecule has 1 rings (SSSR count). The molecular weight excluding hydrogens is 254 g/mol.